The van der Waals surface area contributed by atoms with E-state index in [4.69, 9.17) is 14.7 Å². The van der Waals surface area contributed by atoms with Gasteiger partial charge in [0.25, 0.3) is 5.56 Å². The second-order valence-corrected chi connectivity index (χ2v) is 5.78. The SMILES string of the molecule is COc1cccc(CNC(=O)Cn2c(C)cc(C)c(C#N)c2=O)c1OC. The van der Waals surface area contributed by atoms with Gasteiger partial charge >= 0.3 is 0 Å². The molecule has 7 heteroatoms. The van der Waals surface area contributed by atoms with Gasteiger partial charge in [-0.1, -0.05) is 12.1 Å². The minimum absolute atomic E-state index is 0.0536. The van der Waals surface area contributed by atoms with Crippen molar-refractivity contribution < 1.29 is 14.3 Å². The van der Waals surface area contributed by atoms with Gasteiger partial charge < -0.3 is 19.4 Å². The zero-order chi connectivity index (χ0) is 19.3. The Morgan fingerprint density at radius 2 is 2.00 bits per heavy atom. The summed E-state index contributed by atoms with van der Waals surface area (Å²) in [6, 6.07) is 9.00. The first-order chi connectivity index (χ1) is 12.4. The molecule has 26 heavy (non-hydrogen) atoms. The third-order valence-corrected chi connectivity index (χ3v) is 4.08. The van der Waals surface area contributed by atoms with Crippen LogP contribution in [0.4, 0.5) is 0 Å². The zero-order valence-electron chi connectivity index (χ0n) is 15.3. The topological polar surface area (TPSA) is 93.4 Å². The van der Waals surface area contributed by atoms with E-state index in [-0.39, 0.29) is 24.6 Å². The number of carbonyl (C=O) groups is 1. The van der Waals surface area contributed by atoms with E-state index in [0.717, 1.165) is 5.56 Å². The molecule has 0 atom stereocenters. The van der Waals surface area contributed by atoms with E-state index in [1.165, 1.54) is 11.7 Å². The molecule has 1 N–H and O–H groups in total. The first kappa shape index (κ1) is 19.1. The summed E-state index contributed by atoms with van der Waals surface area (Å²) in [5, 5.41) is 11.9. The smallest absolute Gasteiger partial charge is 0.269 e. The van der Waals surface area contributed by atoms with Crippen LogP contribution in [0.15, 0.2) is 29.1 Å². The summed E-state index contributed by atoms with van der Waals surface area (Å²) >= 11 is 0. The van der Waals surface area contributed by atoms with E-state index in [1.54, 1.807) is 39.2 Å². The average molecular weight is 355 g/mol. The number of amides is 1. The molecule has 1 aromatic carbocycles. The highest BCUT2D eigenvalue weighted by molar-refractivity contribution is 5.76. The van der Waals surface area contributed by atoms with Crippen molar-refractivity contribution in [1.29, 1.82) is 5.26 Å². The summed E-state index contributed by atoms with van der Waals surface area (Å²) in [5.74, 6) is 0.780. The maximum atomic E-state index is 12.4. The number of para-hydroxylation sites is 1. The van der Waals surface area contributed by atoms with Gasteiger partial charge in [0.2, 0.25) is 5.91 Å². The third kappa shape index (κ3) is 3.86. The van der Waals surface area contributed by atoms with E-state index in [2.05, 4.69) is 5.32 Å². The first-order valence-electron chi connectivity index (χ1n) is 8.00. The van der Waals surface area contributed by atoms with Gasteiger partial charge in [-0.05, 0) is 31.5 Å². The molecule has 1 amide bonds. The van der Waals surface area contributed by atoms with Crippen LogP contribution in [0.1, 0.15) is 22.4 Å². The number of hydrogen-bond donors (Lipinski definition) is 1. The molecule has 0 aliphatic carbocycles. The predicted octanol–water partition coefficient (Wildman–Crippen LogP) is 1.67. The molecule has 7 nitrogen and oxygen atoms in total. The van der Waals surface area contributed by atoms with Crippen LogP contribution in [0.5, 0.6) is 11.5 Å². The van der Waals surface area contributed by atoms with Gasteiger partial charge in [-0.2, -0.15) is 5.26 Å². The fourth-order valence-electron chi connectivity index (χ4n) is 2.75. The van der Waals surface area contributed by atoms with Crippen LogP contribution in [-0.4, -0.2) is 24.7 Å². The molecule has 0 aliphatic heterocycles. The largest absolute Gasteiger partial charge is 0.493 e. The third-order valence-electron chi connectivity index (χ3n) is 4.08. The number of aromatic nitrogens is 1. The van der Waals surface area contributed by atoms with E-state index in [9.17, 15) is 9.59 Å². The minimum atomic E-state index is -0.459. The summed E-state index contributed by atoms with van der Waals surface area (Å²) in [5.41, 5.74) is 1.58. The van der Waals surface area contributed by atoms with Crippen LogP contribution in [0.3, 0.4) is 0 Å². The molecule has 136 valence electrons. The van der Waals surface area contributed by atoms with Crippen LogP contribution in [0.25, 0.3) is 0 Å². The lowest BCUT2D eigenvalue weighted by atomic mass is 10.1. The minimum Gasteiger partial charge on any atom is -0.493 e. The van der Waals surface area contributed by atoms with E-state index < -0.39 is 5.56 Å². The fraction of sp³-hybridized carbons (Fsp3) is 0.316. The Hall–Kier alpha value is -3.27. The van der Waals surface area contributed by atoms with Crippen LogP contribution < -0.4 is 20.3 Å². The Morgan fingerprint density at radius 1 is 1.27 bits per heavy atom. The fourth-order valence-corrected chi connectivity index (χ4v) is 2.75. The van der Waals surface area contributed by atoms with Gasteiger partial charge in [0.15, 0.2) is 11.5 Å². The number of ether oxygens (including phenoxy) is 2. The number of benzene rings is 1. The van der Waals surface area contributed by atoms with Crippen LogP contribution >= 0.6 is 0 Å². The zero-order valence-corrected chi connectivity index (χ0v) is 15.3. The molecule has 0 radical (unpaired) electrons. The second-order valence-electron chi connectivity index (χ2n) is 5.78. The number of carbonyl (C=O) groups excluding carboxylic acids is 1. The van der Waals surface area contributed by atoms with Crippen molar-refractivity contribution in [3.8, 4) is 17.6 Å². The number of rotatable bonds is 6. The summed E-state index contributed by atoms with van der Waals surface area (Å²) in [7, 11) is 3.07. The molecule has 1 aromatic heterocycles. The van der Waals surface area contributed by atoms with Crippen molar-refractivity contribution in [1.82, 2.24) is 9.88 Å². The van der Waals surface area contributed by atoms with Crippen LogP contribution in [0, 0.1) is 25.2 Å². The number of nitrogens with zero attached hydrogens (tertiary/aromatic N) is 2. The number of nitrogens with one attached hydrogen (secondary N) is 1. The second kappa shape index (κ2) is 8.21. The van der Waals surface area contributed by atoms with Crippen molar-refractivity contribution in [2.45, 2.75) is 26.9 Å². The molecule has 1 heterocycles. The van der Waals surface area contributed by atoms with E-state index >= 15 is 0 Å². The quantitative estimate of drug-likeness (QED) is 0.851. The molecule has 0 saturated carbocycles. The van der Waals surface area contributed by atoms with Gasteiger partial charge in [0, 0.05) is 17.8 Å². The summed E-state index contributed by atoms with van der Waals surface area (Å²) < 4.78 is 11.9. The maximum absolute atomic E-state index is 12.4. The number of hydrogen-bond acceptors (Lipinski definition) is 5. The highest BCUT2D eigenvalue weighted by Crippen LogP contribution is 2.30. The van der Waals surface area contributed by atoms with Crippen LogP contribution in [0.2, 0.25) is 0 Å². The Balaban J connectivity index is 2.17. The van der Waals surface area contributed by atoms with Crippen molar-refractivity contribution in [3.05, 3.63) is 57.0 Å². The Morgan fingerprint density at radius 3 is 2.62 bits per heavy atom. The van der Waals surface area contributed by atoms with E-state index in [1.807, 2.05) is 12.1 Å². The molecular formula is C19H21N3O4. The number of aryl methyl sites for hydroxylation is 2. The number of pyridine rings is 1. The van der Waals surface area contributed by atoms with Gasteiger partial charge in [-0.3, -0.25) is 9.59 Å². The van der Waals surface area contributed by atoms with E-state index in [0.29, 0.717) is 22.8 Å². The highest BCUT2D eigenvalue weighted by Gasteiger charge is 2.14. The Bertz CT molecular complexity index is 926. The van der Waals surface area contributed by atoms with Crippen molar-refractivity contribution in [2.24, 2.45) is 0 Å². The van der Waals surface area contributed by atoms with Gasteiger partial charge in [-0.15, -0.1) is 0 Å². The molecule has 0 fully saturated rings. The summed E-state index contributed by atoms with van der Waals surface area (Å²) in [4.78, 5) is 24.7. The summed E-state index contributed by atoms with van der Waals surface area (Å²) in [6.45, 7) is 3.50. The number of nitriles is 1. The number of methoxy groups -OCH3 is 2. The van der Waals surface area contributed by atoms with Crippen molar-refractivity contribution >= 4 is 5.91 Å². The molecule has 2 aromatic rings. The lowest BCUT2D eigenvalue weighted by Gasteiger charge is -2.14. The molecular weight excluding hydrogens is 334 g/mol. The normalized spacial score (nSPS) is 10.1. The molecule has 2 rings (SSSR count). The summed E-state index contributed by atoms with van der Waals surface area (Å²) in [6.07, 6.45) is 0. The molecule has 0 unspecified atom stereocenters. The van der Waals surface area contributed by atoms with Crippen LogP contribution in [-0.2, 0) is 17.9 Å². The van der Waals surface area contributed by atoms with Gasteiger partial charge in [-0.25, -0.2) is 0 Å². The Labute approximate surface area is 151 Å². The predicted molar refractivity (Wildman–Crippen MR) is 96.3 cm³/mol. The lowest BCUT2D eigenvalue weighted by molar-refractivity contribution is -0.121. The molecule has 0 saturated heterocycles. The molecule has 0 spiro atoms. The Kier molecular flexibility index (Phi) is 6.02. The molecule has 0 aliphatic rings. The van der Waals surface area contributed by atoms with Crippen molar-refractivity contribution in [2.75, 3.05) is 14.2 Å². The monoisotopic (exact) mass is 355 g/mol. The highest BCUT2D eigenvalue weighted by atomic mass is 16.5. The lowest BCUT2D eigenvalue weighted by Crippen LogP contribution is -2.34. The standard InChI is InChI=1S/C19H21N3O4/c1-12-8-13(2)22(19(24)15(12)9-20)11-17(23)21-10-14-6-5-7-16(25-3)18(14)26-4/h5-8H,10-11H2,1-4H3,(H,21,23). The van der Waals surface area contributed by atoms with Crippen molar-refractivity contribution in [3.63, 3.8) is 0 Å². The van der Waals surface area contributed by atoms with Gasteiger partial charge in [0.1, 0.15) is 18.2 Å². The maximum Gasteiger partial charge on any atom is 0.269 e. The van der Waals surface area contributed by atoms with Gasteiger partial charge in [0.05, 0.1) is 14.2 Å². The average Bonchev–Trinajstić information content (AvgIpc) is 2.63. The molecule has 0 bridgehead atoms. The first-order valence-corrected chi connectivity index (χ1v) is 8.00.